The topological polar surface area (TPSA) is 93.6 Å². The molecule has 0 saturated heterocycles. The van der Waals surface area contributed by atoms with Gasteiger partial charge >= 0.3 is 5.69 Å². The Hall–Kier alpha value is -3.00. The van der Waals surface area contributed by atoms with Crippen molar-refractivity contribution in [1.82, 2.24) is 9.55 Å². The molecule has 4 rings (SSSR count). The molecule has 0 radical (unpaired) electrons. The van der Waals surface area contributed by atoms with Gasteiger partial charge in [0.1, 0.15) is 0 Å². The zero-order valence-corrected chi connectivity index (χ0v) is 18.7. The first-order valence-electron chi connectivity index (χ1n) is 11.4. The van der Waals surface area contributed by atoms with E-state index in [1.54, 1.807) is 6.20 Å². The largest absolute Gasteiger partial charge is 0.390 e. The van der Waals surface area contributed by atoms with Crippen LogP contribution in [0, 0.1) is 5.92 Å². The number of ether oxygens (including phenoxy) is 2. The second-order valence-corrected chi connectivity index (χ2v) is 8.47. The number of H-pyrrole nitrogens is 1. The summed E-state index contributed by atoms with van der Waals surface area (Å²) in [7, 11) is 0. The maximum absolute atomic E-state index is 12.6. The van der Waals surface area contributed by atoms with Crippen LogP contribution < -0.4 is 11.2 Å². The van der Waals surface area contributed by atoms with Crippen molar-refractivity contribution in [1.29, 1.82) is 0 Å². The number of aromatic amines is 1. The summed E-state index contributed by atoms with van der Waals surface area (Å²) in [5.74, 6) is -0.314. The van der Waals surface area contributed by atoms with Crippen LogP contribution in [-0.2, 0) is 29.1 Å². The fraction of sp³-hybridized carbons (Fsp3) is 0.385. The van der Waals surface area contributed by atoms with E-state index < -0.39 is 17.8 Å². The molecule has 7 heteroatoms. The van der Waals surface area contributed by atoms with E-state index in [4.69, 9.17) is 9.47 Å². The Kier molecular flexibility index (Phi) is 7.54. The minimum Gasteiger partial charge on any atom is -0.390 e. The highest BCUT2D eigenvalue weighted by Gasteiger charge is 2.44. The maximum atomic E-state index is 12.6. The summed E-state index contributed by atoms with van der Waals surface area (Å²) in [4.78, 5) is 26.9. The third-order valence-electron chi connectivity index (χ3n) is 6.29. The molecule has 1 fully saturated rings. The number of nitrogens with one attached hydrogen (secondary N) is 1. The van der Waals surface area contributed by atoms with Gasteiger partial charge in [-0.1, -0.05) is 67.6 Å². The number of benzene rings is 2. The van der Waals surface area contributed by atoms with Crippen molar-refractivity contribution >= 4 is 0 Å². The average molecular weight is 451 g/mol. The summed E-state index contributed by atoms with van der Waals surface area (Å²) in [6, 6.07) is 19.2. The molecule has 1 aliphatic carbocycles. The molecule has 2 aromatic carbocycles. The van der Waals surface area contributed by atoms with Gasteiger partial charge in [-0.2, -0.15) is 0 Å². The highest BCUT2D eigenvalue weighted by Crippen LogP contribution is 2.37. The van der Waals surface area contributed by atoms with Crippen LogP contribution in [0.3, 0.4) is 0 Å². The van der Waals surface area contributed by atoms with Crippen LogP contribution in [0.2, 0.25) is 0 Å². The number of hydrogen-bond acceptors (Lipinski definition) is 5. The van der Waals surface area contributed by atoms with Gasteiger partial charge < -0.3 is 14.6 Å². The third-order valence-corrected chi connectivity index (χ3v) is 6.29. The molecule has 174 valence electrons. The van der Waals surface area contributed by atoms with Crippen LogP contribution in [-0.4, -0.2) is 33.5 Å². The van der Waals surface area contributed by atoms with Gasteiger partial charge in [0, 0.05) is 17.7 Å². The number of rotatable bonds is 9. The van der Waals surface area contributed by atoms with Crippen molar-refractivity contribution in [3.05, 3.63) is 104 Å². The molecule has 1 aromatic heterocycles. The van der Waals surface area contributed by atoms with Gasteiger partial charge in [-0.3, -0.25) is 14.3 Å². The normalized spacial score (nSPS) is 22.5. The molecule has 0 bridgehead atoms. The smallest absolute Gasteiger partial charge is 0.328 e. The van der Waals surface area contributed by atoms with Gasteiger partial charge in [0.2, 0.25) is 0 Å². The summed E-state index contributed by atoms with van der Waals surface area (Å²) < 4.78 is 13.6. The SMILES string of the molecule is CCc1cn([C@H]2C[C@H](OCc3ccccc3)[C@H](COCc3ccccc3)[C@@H]2O)c(=O)[nH]c1=O. The van der Waals surface area contributed by atoms with Gasteiger partial charge in [0.15, 0.2) is 0 Å². The number of aliphatic hydroxyl groups is 1. The van der Waals surface area contributed by atoms with Crippen molar-refractivity contribution < 1.29 is 14.6 Å². The Balaban J connectivity index is 1.53. The van der Waals surface area contributed by atoms with Gasteiger partial charge in [0.25, 0.3) is 5.56 Å². The molecular weight excluding hydrogens is 420 g/mol. The van der Waals surface area contributed by atoms with E-state index in [9.17, 15) is 14.7 Å². The van der Waals surface area contributed by atoms with Crippen molar-refractivity contribution in [3.63, 3.8) is 0 Å². The summed E-state index contributed by atoms with van der Waals surface area (Å²) in [5, 5.41) is 11.2. The molecule has 7 nitrogen and oxygen atoms in total. The summed E-state index contributed by atoms with van der Waals surface area (Å²) in [5.41, 5.74) is 1.69. The molecule has 4 atom stereocenters. The van der Waals surface area contributed by atoms with Gasteiger partial charge in [-0.25, -0.2) is 4.79 Å². The second-order valence-electron chi connectivity index (χ2n) is 8.47. The monoisotopic (exact) mass is 450 g/mol. The first-order chi connectivity index (χ1) is 16.1. The van der Waals surface area contributed by atoms with Crippen LogP contribution >= 0.6 is 0 Å². The van der Waals surface area contributed by atoms with Crippen molar-refractivity contribution in [3.8, 4) is 0 Å². The first kappa shape index (κ1) is 23.2. The van der Waals surface area contributed by atoms with E-state index in [1.807, 2.05) is 67.6 Å². The molecule has 1 heterocycles. The minimum absolute atomic E-state index is 0.296. The van der Waals surface area contributed by atoms with Gasteiger partial charge in [0.05, 0.1) is 38.1 Å². The maximum Gasteiger partial charge on any atom is 0.328 e. The van der Waals surface area contributed by atoms with Crippen molar-refractivity contribution in [2.45, 2.75) is 51.2 Å². The lowest BCUT2D eigenvalue weighted by molar-refractivity contribution is -0.0476. The number of aromatic nitrogens is 2. The van der Waals surface area contributed by atoms with Crippen molar-refractivity contribution in [2.75, 3.05) is 6.61 Å². The zero-order chi connectivity index (χ0) is 23.2. The average Bonchev–Trinajstić information content (AvgIpc) is 3.14. The highest BCUT2D eigenvalue weighted by molar-refractivity contribution is 5.14. The highest BCUT2D eigenvalue weighted by atomic mass is 16.5. The molecule has 0 aliphatic heterocycles. The molecule has 1 aliphatic rings. The van der Waals surface area contributed by atoms with E-state index in [2.05, 4.69) is 4.98 Å². The molecule has 0 unspecified atom stereocenters. The van der Waals surface area contributed by atoms with E-state index >= 15 is 0 Å². The molecule has 2 N–H and O–H groups in total. The third kappa shape index (κ3) is 5.50. The van der Waals surface area contributed by atoms with Crippen LogP contribution in [0.1, 0.15) is 36.1 Å². The van der Waals surface area contributed by atoms with Crippen LogP contribution in [0.5, 0.6) is 0 Å². The van der Waals surface area contributed by atoms with Gasteiger partial charge in [-0.15, -0.1) is 0 Å². The number of hydrogen-bond donors (Lipinski definition) is 2. The lowest BCUT2D eigenvalue weighted by atomic mass is 10.0. The van der Waals surface area contributed by atoms with E-state index in [0.29, 0.717) is 38.2 Å². The van der Waals surface area contributed by atoms with Crippen LogP contribution in [0.15, 0.2) is 76.4 Å². The van der Waals surface area contributed by atoms with E-state index in [0.717, 1.165) is 11.1 Å². The Morgan fingerprint density at radius 2 is 1.64 bits per heavy atom. The van der Waals surface area contributed by atoms with Crippen LogP contribution in [0.4, 0.5) is 0 Å². The Bertz CT molecular complexity index is 1140. The van der Waals surface area contributed by atoms with Crippen LogP contribution in [0.25, 0.3) is 0 Å². The minimum atomic E-state index is -0.852. The Morgan fingerprint density at radius 3 is 2.27 bits per heavy atom. The molecule has 33 heavy (non-hydrogen) atoms. The molecule has 0 amide bonds. The fourth-order valence-electron chi connectivity index (χ4n) is 4.42. The van der Waals surface area contributed by atoms with Gasteiger partial charge in [-0.05, 0) is 24.0 Å². The van der Waals surface area contributed by atoms with Crippen molar-refractivity contribution in [2.24, 2.45) is 5.92 Å². The standard InChI is InChI=1S/C26H30N2O5/c1-2-20-14-28(26(31)27-25(20)30)22-13-23(33-16-19-11-7-4-8-12-19)21(24(22)29)17-32-15-18-9-5-3-6-10-18/h3-12,14,21-24,29H,2,13,15-17H2,1H3,(H,27,30,31)/t21-,22-,23-,24-/m0/s1. The quantitative estimate of drug-likeness (QED) is 0.523. The Labute approximate surface area is 192 Å². The number of nitrogens with zero attached hydrogens (tertiary/aromatic N) is 1. The predicted octanol–water partition coefficient (Wildman–Crippen LogP) is 2.82. The zero-order valence-electron chi connectivity index (χ0n) is 18.7. The second kappa shape index (κ2) is 10.7. The lowest BCUT2D eigenvalue weighted by Crippen LogP contribution is -2.38. The number of aliphatic hydroxyl groups excluding tert-OH is 1. The molecular formula is C26H30N2O5. The summed E-state index contributed by atoms with van der Waals surface area (Å²) in [6.45, 7) is 2.99. The lowest BCUT2D eigenvalue weighted by Gasteiger charge is -2.23. The first-order valence-corrected chi connectivity index (χ1v) is 11.4. The summed E-state index contributed by atoms with van der Waals surface area (Å²) in [6.07, 6.45) is 1.36. The Morgan fingerprint density at radius 1 is 1.00 bits per heavy atom. The molecule has 3 aromatic rings. The number of aryl methyl sites for hydroxylation is 1. The van der Waals surface area contributed by atoms with E-state index in [1.165, 1.54) is 4.57 Å². The fourth-order valence-corrected chi connectivity index (χ4v) is 4.42. The molecule has 1 saturated carbocycles. The summed E-state index contributed by atoms with van der Waals surface area (Å²) >= 11 is 0. The molecule has 0 spiro atoms. The predicted molar refractivity (Wildman–Crippen MR) is 125 cm³/mol. The van der Waals surface area contributed by atoms with E-state index in [-0.39, 0.29) is 17.6 Å².